The number of carbonyl (C=O) groups is 3. The van der Waals surface area contributed by atoms with Gasteiger partial charge >= 0.3 is 12.1 Å². The van der Waals surface area contributed by atoms with Gasteiger partial charge in [-0.3, -0.25) is 4.79 Å². The zero-order valence-electron chi connectivity index (χ0n) is 19.4. The number of nitrogens with one attached hydrogen (secondary N) is 2. The number of carbonyl (C=O) groups excluding carboxylic acids is 2. The number of hydrogen-bond donors (Lipinski definition) is 3. The maximum atomic E-state index is 13.0. The van der Waals surface area contributed by atoms with Crippen molar-refractivity contribution in [2.75, 3.05) is 6.61 Å². The predicted molar refractivity (Wildman–Crippen MR) is 132 cm³/mol. The van der Waals surface area contributed by atoms with Gasteiger partial charge in [-0.2, -0.15) is 0 Å². The third kappa shape index (κ3) is 5.35. The second-order valence-corrected chi connectivity index (χ2v) is 8.50. The smallest absolute Gasteiger partial charge is 0.408 e. The van der Waals surface area contributed by atoms with Crippen LogP contribution in [0.3, 0.4) is 0 Å². The summed E-state index contributed by atoms with van der Waals surface area (Å²) >= 11 is 0. The highest BCUT2D eigenvalue weighted by Gasteiger charge is 2.31. The fraction of sp³-hybridized carbons (Fsp3) is 0.250. The number of hydrogen-bond acceptors (Lipinski definition) is 4. The van der Waals surface area contributed by atoms with E-state index < -0.39 is 30.1 Å². The van der Waals surface area contributed by atoms with Gasteiger partial charge in [0.25, 0.3) is 0 Å². The minimum Gasteiger partial charge on any atom is -0.480 e. The molecule has 3 aromatic carbocycles. The van der Waals surface area contributed by atoms with E-state index in [1.807, 2.05) is 43.3 Å². The monoisotopic (exact) mass is 472 g/mol. The number of rotatable bonds is 9. The number of ether oxygens (including phenoxy) is 1. The van der Waals surface area contributed by atoms with E-state index in [9.17, 15) is 19.5 Å². The highest BCUT2D eigenvalue weighted by atomic mass is 16.5. The molecule has 3 N–H and O–H groups in total. The molecule has 0 spiro atoms. The van der Waals surface area contributed by atoms with Gasteiger partial charge in [-0.05, 0) is 34.2 Å². The summed E-state index contributed by atoms with van der Waals surface area (Å²) in [6, 6.07) is 22.6. The van der Waals surface area contributed by atoms with E-state index in [0.29, 0.717) is 12.0 Å². The Morgan fingerprint density at radius 3 is 2.00 bits per heavy atom. The zero-order valence-corrected chi connectivity index (χ0v) is 19.4. The molecule has 0 aromatic heterocycles. The van der Waals surface area contributed by atoms with Crippen LogP contribution in [0.25, 0.3) is 11.1 Å². The molecule has 7 nitrogen and oxygen atoms in total. The predicted octanol–water partition coefficient (Wildman–Crippen LogP) is 4.64. The lowest BCUT2D eigenvalue weighted by atomic mass is 9.98. The van der Waals surface area contributed by atoms with Crippen molar-refractivity contribution in [1.29, 1.82) is 0 Å². The van der Waals surface area contributed by atoms with Crippen LogP contribution in [-0.2, 0) is 14.3 Å². The summed E-state index contributed by atoms with van der Waals surface area (Å²) in [4.78, 5) is 37.4. The average molecular weight is 473 g/mol. The summed E-state index contributed by atoms with van der Waals surface area (Å²) in [5.74, 6) is -1.84. The van der Waals surface area contributed by atoms with Gasteiger partial charge in [0.2, 0.25) is 5.91 Å². The first-order valence-electron chi connectivity index (χ1n) is 11.7. The van der Waals surface area contributed by atoms with Crippen molar-refractivity contribution < 1.29 is 24.2 Å². The molecule has 2 atom stereocenters. The topological polar surface area (TPSA) is 105 Å². The maximum Gasteiger partial charge on any atom is 0.408 e. The molecule has 0 saturated heterocycles. The molecule has 0 fully saturated rings. The lowest BCUT2D eigenvalue weighted by Crippen LogP contribution is -2.47. The molecule has 0 unspecified atom stereocenters. The molecule has 2 amide bonds. The van der Waals surface area contributed by atoms with Gasteiger partial charge in [-0.25, -0.2) is 9.59 Å². The molecule has 0 aliphatic heterocycles. The molecular weight excluding hydrogens is 444 g/mol. The van der Waals surface area contributed by atoms with E-state index >= 15 is 0 Å². The number of amides is 2. The number of aliphatic carboxylic acids is 1. The minimum atomic E-state index is -1.12. The van der Waals surface area contributed by atoms with Gasteiger partial charge in [0, 0.05) is 5.92 Å². The Labute approximate surface area is 204 Å². The molecule has 0 bridgehead atoms. The van der Waals surface area contributed by atoms with Crippen LogP contribution in [0, 0.1) is 0 Å². The zero-order chi connectivity index (χ0) is 24.8. The Morgan fingerprint density at radius 2 is 1.43 bits per heavy atom. The summed E-state index contributed by atoms with van der Waals surface area (Å²) in [6.45, 7) is 1.95. The molecule has 0 radical (unpaired) electrons. The van der Waals surface area contributed by atoms with Crippen molar-refractivity contribution in [3.05, 3.63) is 95.6 Å². The van der Waals surface area contributed by atoms with E-state index in [2.05, 4.69) is 22.8 Å². The first-order valence-corrected chi connectivity index (χ1v) is 11.7. The molecule has 180 valence electrons. The van der Waals surface area contributed by atoms with Crippen LogP contribution in [0.4, 0.5) is 4.79 Å². The summed E-state index contributed by atoms with van der Waals surface area (Å²) < 4.78 is 5.60. The van der Waals surface area contributed by atoms with Gasteiger partial charge in [-0.1, -0.05) is 92.2 Å². The lowest BCUT2D eigenvalue weighted by molar-refractivity contribution is -0.142. The van der Waals surface area contributed by atoms with Crippen LogP contribution in [0.15, 0.2) is 78.9 Å². The normalized spacial score (nSPS) is 13.7. The van der Waals surface area contributed by atoms with Crippen LogP contribution in [0.5, 0.6) is 0 Å². The number of fused-ring (bicyclic) bond motifs is 3. The average Bonchev–Trinajstić information content (AvgIpc) is 3.20. The summed E-state index contributed by atoms with van der Waals surface area (Å²) in [7, 11) is 0. The Hall–Kier alpha value is -4.13. The molecule has 4 rings (SSSR count). The highest BCUT2D eigenvalue weighted by Crippen LogP contribution is 2.44. The maximum absolute atomic E-state index is 13.0. The summed E-state index contributed by atoms with van der Waals surface area (Å²) in [5, 5.41) is 14.6. The quantitative estimate of drug-likeness (QED) is 0.421. The van der Waals surface area contributed by atoms with Gasteiger partial charge in [0.05, 0.1) is 0 Å². The van der Waals surface area contributed by atoms with Gasteiger partial charge in [-0.15, -0.1) is 0 Å². The fourth-order valence-electron chi connectivity index (χ4n) is 4.50. The van der Waals surface area contributed by atoms with Crippen molar-refractivity contribution in [1.82, 2.24) is 10.6 Å². The SMILES string of the molecule is CCC[C@H](NC(=O)[C@@H](NC(=O)OCC1c2ccccc2-c2ccccc21)c1ccccc1)C(=O)O. The largest absolute Gasteiger partial charge is 0.480 e. The van der Waals surface area contributed by atoms with E-state index in [1.54, 1.807) is 30.3 Å². The first-order chi connectivity index (χ1) is 17.0. The van der Waals surface area contributed by atoms with Gasteiger partial charge in [0.15, 0.2) is 0 Å². The molecule has 0 heterocycles. The van der Waals surface area contributed by atoms with Crippen LogP contribution in [-0.4, -0.2) is 35.7 Å². The van der Waals surface area contributed by atoms with Crippen LogP contribution < -0.4 is 10.6 Å². The number of carboxylic acid groups (broad SMARTS) is 1. The Balaban J connectivity index is 1.48. The standard InChI is InChI=1S/C28H28N2O5/c1-2-10-24(27(32)33)29-26(31)25(18-11-4-3-5-12-18)30-28(34)35-17-23-21-15-8-6-13-19(21)20-14-7-9-16-22(20)23/h3-9,11-16,23-25H,2,10,17H2,1H3,(H,29,31)(H,30,34)(H,32,33)/t24-,25-/m0/s1. The van der Waals surface area contributed by atoms with Crippen LogP contribution in [0.2, 0.25) is 0 Å². The molecule has 35 heavy (non-hydrogen) atoms. The first kappa shape index (κ1) is 24.0. The van der Waals surface area contributed by atoms with Crippen molar-refractivity contribution in [2.45, 2.75) is 37.8 Å². The Morgan fingerprint density at radius 1 is 0.857 bits per heavy atom. The van der Waals surface area contributed by atoms with E-state index in [0.717, 1.165) is 22.3 Å². The van der Waals surface area contributed by atoms with Crippen LogP contribution in [0.1, 0.15) is 48.4 Å². The van der Waals surface area contributed by atoms with Crippen molar-refractivity contribution in [3.63, 3.8) is 0 Å². The summed E-state index contributed by atoms with van der Waals surface area (Å²) in [5.41, 5.74) is 4.94. The van der Waals surface area contributed by atoms with Crippen molar-refractivity contribution in [2.24, 2.45) is 0 Å². The molecular formula is C28H28N2O5. The van der Waals surface area contributed by atoms with Crippen LogP contribution >= 0.6 is 0 Å². The Bertz CT molecular complexity index is 1170. The third-order valence-electron chi connectivity index (χ3n) is 6.19. The molecule has 0 saturated carbocycles. The van der Waals surface area contributed by atoms with Gasteiger partial charge < -0.3 is 20.5 Å². The third-order valence-corrected chi connectivity index (χ3v) is 6.19. The van der Waals surface area contributed by atoms with Gasteiger partial charge in [0.1, 0.15) is 18.7 Å². The number of alkyl carbamates (subject to hydrolysis) is 1. The van der Waals surface area contributed by atoms with Crippen molar-refractivity contribution in [3.8, 4) is 11.1 Å². The number of benzene rings is 3. The molecule has 7 heteroatoms. The second-order valence-electron chi connectivity index (χ2n) is 8.50. The van der Waals surface area contributed by atoms with E-state index in [4.69, 9.17) is 4.74 Å². The second kappa shape index (κ2) is 10.9. The minimum absolute atomic E-state index is 0.108. The fourth-order valence-corrected chi connectivity index (χ4v) is 4.50. The molecule has 1 aliphatic rings. The number of carboxylic acids is 1. The van der Waals surface area contributed by atoms with E-state index in [1.165, 1.54) is 0 Å². The summed E-state index contributed by atoms with van der Waals surface area (Å²) in [6.07, 6.45) is 0.124. The molecule has 3 aromatic rings. The van der Waals surface area contributed by atoms with E-state index in [-0.39, 0.29) is 18.9 Å². The highest BCUT2D eigenvalue weighted by molar-refractivity contribution is 5.90. The molecule has 1 aliphatic carbocycles. The Kier molecular flexibility index (Phi) is 7.45. The lowest BCUT2D eigenvalue weighted by Gasteiger charge is -2.22. The van der Waals surface area contributed by atoms with Crippen molar-refractivity contribution >= 4 is 18.0 Å².